The maximum Gasteiger partial charge on any atom is 0.0949 e. The molecular weight excluding hydrogens is 258 g/mol. The first kappa shape index (κ1) is 14.8. The number of ether oxygens (including phenoxy) is 1. The van der Waals surface area contributed by atoms with Gasteiger partial charge in [-0.15, -0.1) is 0 Å². The standard InChI is InChI=1S/C16H24ClNO/c1-12(2)8-9-19-16(11-18-15-6-7-15)13-4-3-5-14(17)10-13/h3-5,10,12,15-16,18H,6-9,11H2,1-2H3. The van der Waals surface area contributed by atoms with E-state index >= 15 is 0 Å². The fourth-order valence-corrected chi connectivity index (χ4v) is 2.19. The van der Waals surface area contributed by atoms with Gasteiger partial charge in [-0.1, -0.05) is 37.6 Å². The van der Waals surface area contributed by atoms with Crippen molar-refractivity contribution < 1.29 is 4.74 Å². The Morgan fingerprint density at radius 3 is 2.79 bits per heavy atom. The zero-order valence-electron chi connectivity index (χ0n) is 11.9. The molecule has 0 radical (unpaired) electrons. The van der Waals surface area contributed by atoms with E-state index in [-0.39, 0.29) is 6.10 Å². The van der Waals surface area contributed by atoms with E-state index in [1.165, 1.54) is 18.4 Å². The lowest BCUT2D eigenvalue weighted by atomic mass is 10.1. The van der Waals surface area contributed by atoms with Crippen LogP contribution in [0, 0.1) is 5.92 Å². The minimum absolute atomic E-state index is 0.109. The molecule has 0 amide bonds. The zero-order valence-corrected chi connectivity index (χ0v) is 12.6. The van der Waals surface area contributed by atoms with Crippen LogP contribution in [-0.2, 0) is 4.74 Å². The van der Waals surface area contributed by atoms with E-state index in [9.17, 15) is 0 Å². The molecule has 0 aromatic heterocycles. The van der Waals surface area contributed by atoms with Crippen LogP contribution in [0.15, 0.2) is 24.3 Å². The van der Waals surface area contributed by atoms with Crippen molar-refractivity contribution in [3.05, 3.63) is 34.9 Å². The summed E-state index contributed by atoms with van der Waals surface area (Å²) in [6, 6.07) is 8.71. The fraction of sp³-hybridized carbons (Fsp3) is 0.625. The molecule has 0 heterocycles. The molecule has 0 saturated heterocycles. The third-order valence-corrected chi connectivity index (χ3v) is 3.64. The third kappa shape index (κ3) is 5.52. The van der Waals surface area contributed by atoms with Crippen LogP contribution in [0.3, 0.4) is 0 Å². The summed E-state index contributed by atoms with van der Waals surface area (Å²) in [5, 5.41) is 4.32. The maximum atomic E-state index is 6.07. The highest BCUT2D eigenvalue weighted by Crippen LogP contribution is 2.24. The third-order valence-electron chi connectivity index (χ3n) is 3.40. The minimum Gasteiger partial charge on any atom is -0.372 e. The molecule has 1 N–H and O–H groups in total. The van der Waals surface area contributed by atoms with Gasteiger partial charge in [-0.25, -0.2) is 0 Å². The van der Waals surface area contributed by atoms with E-state index in [4.69, 9.17) is 16.3 Å². The van der Waals surface area contributed by atoms with Crippen molar-refractivity contribution in [1.82, 2.24) is 5.32 Å². The van der Waals surface area contributed by atoms with E-state index in [0.717, 1.165) is 24.6 Å². The van der Waals surface area contributed by atoms with Gasteiger partial charge in [0.05, 0.1) is 6.10 Å². The van der Waals surface area contributed by atoms with Gasteiger partial charge in [-0.05, 0) is 42.9 Å². The molecule has 2 nitrogen and oxygen atoms in total. The van der Waals surface area contributed by atoms with Crippen LogP contribution >= 0.6 is 11.6 Å². The Kier molecular flexibility index (Phi) is 5.68. The monoisotopic (exact) mass is 281 g/mol. The number of benzene rings is 1. The summed E-state index contributed by atoms with van der Waals surface area (Å²) in [6.45, 7) is 6.13. The Hall–Kier alpha value is -0.570. The molecule has 19 heavy (non-hydrogen) atoms. The predicted octanol–water partition coefficient (Wildman–Crippen LogP) is 4.20. The smallest absolute Gasteiger partial charge is 0.0949 e. The molecule has 3 heteroatoms. The molecule has 0 bridgehead atoms. The van der Waals surface area contributed by atoms with E-state index in [1.807, 2.05) is 18.2 Å². The number of nitrogens with one attached hydrogen (secondary N) is 1. The van der Waals surface area contributed by atoms with Gasteiger partial charge in [0, 0.05) is 24.2 Å². The largest absolute Gasteiger partial charge is 0.372 e. The van der Waals surface area contributed by atoms with Crippen molar-refractivity contribution in [2.24, 2.45) is 5.92 Å². The van der Waals surface area contributed by atoms with Gasteiger partial charge in [0.1, 0.15) is 0 Å². The molecule has 1 aliphatic rings. The predicted molar refractivity (Wildman–Crippen MR) is 80.6 cm³/mol. The summed E-state index contributed by atoms with van der Waals surface area (Å²) >= 11 is 6.07. The molecular formula is C16H24ClNO. The quantitative estimate of drug-likeness (QED) is 0.771. The van der Waals surface area contributed by atoms with Crippen molar-refractivity contribution in [1.29, 1.82) is 0 Å². The van der Waals surface area contributed by atoms with Crippen molar-refractivity contribution in [2.45, 2.75) is 45.3 Å². The number of hydrogen-bond acceptors (Lipinski definition) is 2. The summed E-state index contributed by atoms with van der Waals surface area (Å²) in [4.78, 5) is 0. The Labute approximate surface area is 121 Å². The summed E-state index contributed by atoms with van der Waals surface area (Å²) in [7, 11) is 0. The lowest BCUT2D eigenvalue weighted by Crippen LogP contribution is -2.25. The highest BCUT2D eigenvalue weighted by atomic mass is 35.5. The maximum absolute atomic E-state index is 6.07. The van der Waals surface area contributed by atoms with Crippen LogP contribution in [-0.4, -0.2) is 19.2 Å². The van der Waals surface area contributed by atoms with Crippen molar-refractivity contribution >= 4 is 11.6 Å². The Morgan fingerprint density at radius 2 is 2.16 bits per heavy atom. The topological polar surface area (TPSA) is 21.3 Å². The highest BCUT2D eigenvalue weighted by Gasteiger charge is 2.22. The van der Waals surface area contributed by atoms with Gasteiger partial charge in [0.25, 0.3) is 0 Å². The van der Waals surface area contributed by atoms with Crippen LogP contribution < -0.4 is 5.32 Å². The lowest BCUT2D eigenvalue weighted by Gasteiger charge is -2.20. The van der Waals surface area contributed by atoms with Crippen LogP contribution in [0.25, 0.3) is 0 Å². The zero-order chi connectivity index (χ0) is 13.7. The number of hydrogen-bond donors (Lipinski definition) is 1. The average molecular weight is 282 g/mol. The van der Waals surface area contributed by atoms with Gasteiger partial charge in [-0.3, -0.25) is 0 Å². The molecule has 2 rings (SSSR count). The molecule has 1 saturated carbocycles. The SMILES string of the molecule is CC(C)CCOC(CNC1CC1)c1cccc(Cl)c1. The van der Waals surface area contributed by atoms with Crippen molar-refractivity contribution in [3.8, 4) is 0 Å². The fourth-order valence-electron chi connectivity index (χ4n) is 1.99. The molecule has 0 aliphatic heterocycles. The second-order valence-electron chi connectivity index (χ2n) is 5.78. The van der Waals surface area contributed by atoms with Crippen molar-refractivity contribution in [2.75, 3.05) is 13.2 Å². The molecule has 1 atom stereocenters. The summed E-state index contributed by atoms with van der Waals surface area (Å²) < 4.78 is 6.05. The minimum atomic E-state index is 0.109. The second-order valence-corrected chi connectivity index (χ2v) is 6.22. The molecule has 1 aliphatic carbocycles. The van der Waals surface area contributed by atoms with Crippen LogP contribution in [0.4, 0.5) is 0 Å². The Bertz CT molecular complexity index is 390. The van der Waals surface area contributed by atoms with E-state index in [2.05, 4.69) is 25.2 Å². The molecule has 0 spiro atoms. The van der Waals surface area contributed by atoms with Gasteiger partial charge in [-0.2, -0.15) is 0 Å². The molecule has 106 valence electrons. The molecule has 1 fully saturated rings. The first-order valence-corrected chi connectivity index (χ1v) is 7.63. The average Bonchev–Trinajstić information content (AvgIpc) is 3.17. The normalized spacial score (nSPS) is 16.8. The molecule has 1 unspecified atom stereocenters. The first-order valence-electron chi connectivity index (χ1n) is 7.25. The number of rotatable bonds is 8. The summed E-state index contributed by atoms with van der Waals surface area (Å²) in [5.41, 5.74) is 1.17. The Balaban J connectivity index is 1.91. The molecule has 1 aromatic carbocycles. The van der Waals surface area contributed by atoms with Crippen LogP contribution in [0.1, 0.15) is 44.8 Å². The van der Waals surface area contributed by atoms with Crippen LogP contribution in [0.5, 0.6) is 0 Å². The molecule has 1 aromatic rings. The van der Waals surface area contributed by atoms with E-state index < -0.39 is 0 Å². The van der Waals surface area contributed by atoms with Gasteiger partial charge < -0.3 is 10.1 Å². The van der Waals surface area contributed by atoms with Gasteiger partial charge in [0.2, 0.25) is 0 Å². The van der Waals surface area contributed by atoms with Crippen LogP contribution in [0.2, 0.25) is 5.02 Å². The first-order chi connectivity index (χ1) is 9.15. The second kappa shape index (κ2) is 7.28. The van der Waals surface area contributed by atoms with E-state index in [0.29, 0.717) is 12.0 Å². The summed E-state index contributed by atoms with van der Waals surface area (Å²) in [5.74, 6) is 0.677. The Morgan fingerprint density at radius 1 is 1.37 bits per heavy atom. The highest BCUT2D eigenvalue weighted by molar-refractivity contribution is 6.30. The summed E-state index contributed by atoms with van der Waals surface area (Å²) in [6.07, 6.45) is 3.81. The van der Waals surface area contributed by atoms with Gasteiger partial charge >= 0.3 is 0 Å². The van der Waals surface area contributed by atoms with E-state index in [1.54, 1.807) is 0 Å². The number of halogens is 1. The van der Waals surface area contributed by atoms with Crippen molar-refractivity contribution in [3.63, 3.8) is 0 Å². The van der Waals surface area contributed by atoms with Gasteiger partial charge in [0.15, 0.2) is 0 Å². The lowest BCUT2D eigenvalue weighted by molar-refractivity contribution is 0.0455.